The summed E-state index contributed by atoms with van der Waals surface area (Å²) < 4.78 is 1.88. The zero-order chi connectivity index (χ0) is 12.1. The molecule has 0 bridgehead atoms. The summed E-state index contributed by atoms with van der Waals surface area (Å²) in [5, 5.41) is 11.0. The molecular weight excluding hydrogens is 216 g/mol. The van der Waals surface area contributed by atoms with Crippen LogP contribution in [-0.4, -0.2) is 24.7 Å². The lowest BCUT2D eigenvalue weighted by Gasteiger charge is -2.05. The lowest BCUT2D eigenvalue weighted by atomic mass is 10.2. The Morgan fingerprint density at radius 2 is 2.24 bits per heavy atom. The van der Waals surface area contributed by atoms with Crippen LogP contribution in [0.25, 0.3) is 0 Å². The van der Waals surface area contributed by atoms with Crippen LogP contribution >= 0.6 is 0 Å². The quantitative estimate of drug-likeness (QED) is 0.838. The predicted octanol–water partition coefficient (Wildman–Crippen LogP) is 1.17. The summed E-state index contributed by atoms with van der Waals surface area (Å²) in [7, 11) is 1.92. The van der Waals surface area contributed by atoms with Crippen LogP contribution in [0.1, 0.15) is 24.9 Å². The highest BCUT2D eigenvalue weighted by atomic mass is 15.3. The average molecular weight is 232 g/mol. The molecule has 1 N–H and O–H groups in total. The van der Waals surface area contributed by atoms with Crippen molar-refractivity contribution in [1.29, 1.82) is 0 Å². The molecule has 90 valence electrons. The van der Waals surface area contributed by atoms with Crippen LogP contribution in [0, 0.1) is 0 Å². The van der Waals surface area contributed by atoms with E-state index in [4.69, 9.17) is 0 Å². The van der Waals surface area contributed by atoms with Gasteiger partial charge in [0.1, 0.15) is 18.5 Å². The summed E-state index contributed by atoms with van der Waals surface area (Å²) in [6, 6.07) is 1.97. The highest BCUT2D eigenvalue weighted by Crippen LogP contribution is 2.07. The van der Waals surface area contributed by atoms with Crippen molar-refractivity contribution in [3.8, 4) is 0 Å². The third-order valence-electron chi connectivity index (χ3n) is 2.46. The van der Waals surface area contributed by atoms with E-state index >= 15 is 0 Å². The summed E-state index contributed by atoms with van der Waals surface area (Å²) in [5.41, 5.74) is 1.06. The summed E-state index contributed by atoms with van der Waals surface area (Å²) in [6.45, 7) is 2.74. The molecule has 0 atom stereocenters. The van der Waals surface area contributed by atoms with Crippen molar-refractivity contribution in [1.82, 2.24) is 24.7 Å². The maximum absolute atomic E-state index is 4.21. The van der Waals surface area contributed by atoms with Gasteiger partial charge >= 0.3 is 0 Å². The second-order valence-electron chi connectivity index (χ2n) is 3.86. The molecule has 0 fully saturated rings. The largest absolute Gasteiger partial charge is 0.363 e. The molecule has 0 amide bonds. The molecule has 0 saturated carbocycles. The Hall–Kier alpha value is -1.98. The molecule has 0 aliphatic rings. The molecule has 6 heteroatoms. The topological polar surface area (TPSA) is 68.5 Å². The number of hydrogen-bond acceptors (Lipinski definition) is 5. The molecule has 0 aliphatic heterocycles. The van der Waals surface area contributed by atoms with Gasteiger partial charge in [0.15, 0.2) is 5.82 Å². The fourth-order valence-electron chi connectivity index (χ4n) is 1.52. The van der Waals surface area contributed by atoms with E-state index in [-0.39, 0.29) is 0 Å². The van der Waals surface area contributed by atoms with Crippen LogP contribution in [0.2, 0.25) is 0 Å². The van der Waals surface area contributed by atoms with E-state index < -0.39 is 0 Å². The number of hydrogen-bond donors (Lipinski definition) is 1. The fraction of sp³-hybridized carbons (Fsp3) is 0.455. The summed E-state index contributed by atoms with van der Waals surface area (Å²) >= 11 is 0. The molecule has 2 heterocycles. The third kappa shape index (κ3) is 2.99. The third-order valence-corrected chi connectivity index (χ3v) is 2.46. The first-order chi connectivity index (χ1) is 8.29. The van der Waals surface area contributed by atoms with Crippen LogP contribution in [-0.2, 0) is 20.0 Å². The minimum absolute atomic E-state index is 0.610. The summed E-state index contributed by atoms with van der Waals surface area (Å²) in [6.07, 6.45) is 5.32. The Morgan fingerprint density at radius 3 is 2.94 bits per heavy atom. The second kappa shape index (κ2) is 5.38. The Bertz CT molecular complexity index is 478. The van der Waals surface area contributed by atoms with E-state index in [9.17, 15) is 0 Å². The molecule has 0 unspecified atom stereocenters. The van der Waals surface area contributed by atoms with Gasteiger partial charge < -0.3 is 9.88 Å². The first kappa shape index (κ1) is 11.5. The molecule has 0 spiro atoms. The highest BCUT2D eigenvalue weighted by Gasteiger charge is 2.02. The van der Waals surface area contributed by atoms with E-state index in [1.807, 2.05) is 17.7 Å². The zero-order valence-corrected chi connectivity index (χ0v) is 10.1. The first-order valence-electron chi connectivity index (χ1n) is 5.67. The molecule has 0 aliphatic carbocycles. The van der Waals surface area contributed by atoms with E-state index in [0.717, 1.165) is 30.2 Å². The number of aryl methyl sites for hydroxylation is 2. The van der Waals surface area contributed by atoms with Gasteiger partial charge in [-0.05, 0) is 6.42 Å². The van der Waals surface area contributed by atoms with Gasteiger partial charge in [0.2, 0.25) is 0 Å². The monoisotopic (exact) mass is 232 g/mol. The number of anilines is 1. The molecule has 2 aromatic heterocycles. The molecule has 0 radical (unpaired) electrons. The van der Waals surface area contributed by atoms with Gasteiger partial charge in [0, 0.05) is 18.8 Å². The van der Waals surface area contributed by atoms with Crippen molar-refractivity contribution in [2.24, 2.45) is 7.05 Å². The van der Waals surface area contributed by atoms with Crippen LogP contribution in [0.4, 0.5) is 5.82 Å². The normalized spacial score (nSPS) is 10.5. The van der Waals surface area contributed by atoms with Gasteiger partial charge in [-0.1, -0.05) is 13.3 Å². The number of aromatic nitrogens is 5. The number of rotatable bonds is 5. The Labute approximate surface area is 100 Å². The van der Waals surface area contributed by atoms with Gasteiger partial charge in [-0.25, -0.2) is 9.97 Å². The lowest BCUT2D eigenvalue weighted by Crippen LogP contribution is -2.07. The fourth-order valence-corrected chi connectivity index (χ4v) is 1.52. The van der Waals surface area contributed by atoms with Gasteiger partial charge in [-0.2, -0.15) is 0 Å². The van der Waals surface area contributed by atoms with Crippen molar-refractivity contribution in [2.75, 3.05) is 5.32 Å². The van der Waals surface area contributed by atoms with Gasteiger partial charge in [-0.15, -0.1) is 10.2 Å². The van der Waals surface area contributed by atoms with Crippen molar-refractivity contribution in [3.05, 3.63) is 30.2 Å². The molecule has 0 saturated heterocycles. The van der Waals surface area contributed by atoms with E-state index in [2.05, 4.69) is 32.4 Å². The van der Waals surface area contributed by atoms with Crippen LogP contribution in [0.3, 0.4) is 0 Å². The zero-order valence-electron chi connectivity index (χ0n) is 10.1. The standard InChI is InChI=1S/C11H16N6/c1-3-4-9-5-10(14-7-13-9)12-6-11-16-15-8-17(11)2/h5,7-8H,3-4,6H2,1-2H3,(H,12,13,14). The van der Waals surface area contributed by atoms with E-state index in [1.165, 1.54) is 0 Å². The molecule has 2 rings (SSSR count). The Kier molecular flexibility index (Phi) is 3.64. The summed E-state index contributed by atoms with van der Waals surface area (Å²) in [5.74, 6) is 1.70. The number of nitrogens with zero attached hydrogens (tertiary/aromatic N) is 5. The van der Waals surface area contributed by atoms with Gasteiger partial charge in [0.05, 0.1) is 6.54 Å². The SMILES string of the molecule is CCCc1cc(NCc2nncn2C)ncn1. The number of nitrogens with one attached hydrogen (secondary N) is 1. The van der Waals surface area contributed by atoms with Crippen LogP contribution in [0.5, 0.6) is 0 Å². The maximum Gasteiger partial charge on any atom is 0.151 e. The second-order valence-corrected chi connectivity index (χ2v) is 3.86. The van der Waals surface area contributed by atoms with Gasteiger partial charge in [0.25, 0.3) is 0 Å². The Balaban J connectivity index is 1.99. The van der Waals surface area contributed by atoms with Gasteiger partial charge in [-0.3, -0.25) is 0 Å². The van der Waals surface area contributed by atoms with E-state index in [0.29, 0.717) is 6.54 Å². The molecule has 17 heavy (non-hydrogen) atoms. The Morgan fingerprint density at radius 1 is 1.35 bits per heavy atom. The van der Waals surface area contributed by atoms with Crippen molar-refractivity contribution >= 4 is 5.82 Å². The van der Waals surface area contributed by atoms with Crippen molar-refractivity contribution in [2.45, 2.75) is 26.3 Å². The molecule has 6 nitrogen and oxygen atoms in total. The minimum atomic E-state index is 0.610. The van der Waals surface area contributed by atoms with Crippen molar-refractivity contribution < 1.29 is 0 Å². The molecule has 0 aromatic carbocycles. The van der Waals surface area contributed by atoms with Crippen molar-refractivity contribution in [3.63, 3.8) is 0 Å². The highest BCUT2D eigenvalue weighted by molar-refractivity contribution is 5.34. The smallest absolute Gasteiger partial charge is 0.151 e. The predicted molar refractivity (Wildman–Crippen MR) is 64.4 cm³/mol. The lowest BCUT2D eigenvalue weighted by molar-refractivity contribution is 0.808. The van der Waals surface area contributed by atoms with E-state index in [1.54, 1.807) is 12.7 Å². The maximum atomic E-state index is 4.21. The van der Waals surface area contributed by atoms with Crippen LogP contribution in [0.15, 0.2) is 18.7 Å². The molecular formula is C11H16N6. The van der Waals surface area contributed by atoms with Crippen LogP contribution < -0.4 is 5.32 Å². The molecule has 2 aromatic rings. The summed E-state index contributed by atoms with van der Waals surface area (Å²) in [4.78, 5) is 8.38. The minimum Gasteiger partial charge on any atom is -0.363 e. The average Bonchev–Trinajstić information content (AvgIpc) is 2.73. The first-order valence-corrected chi connectivity index (χ1v) is 5.67.